The van der Waals surface area contributed by atoms with E-state index >= 15 is 0 Å². The van der Waals surface area contributed by atoms with E-state index in [0.717, 1.165) is 36.3 Å². The number of hydrogen-bond acceptors (Lipinski definition) is 4. The van der Waals surface area contributed by atoms with Crippen molar-refractivity contribution in [3.63, 3.8) is 0 Å². The molecule has 1 fully saturated rings. The van der Waals surface area contributed by atoms with Gasteiger partial charge in [-0.25, -0.2) is 0 Å². The van der Waals surface area contributed by atoms with Gasteiger partial charge in [0.2, 0.25) is 5.91 Å². The van der Waals surface area contributed by atoms with Crippen molar-refractivity contribution < 1.29 is 14.3 Å². The van der Waals surface area contributed by atoms with E-state index in [0.29, 0.717) is 6.10 Å². The number of ether oxygens (including phenoxy) is 2. The van der Waals surface area contributed by atoms with Gasteiger partial charge < -0.3 is 14.4 Å². The van der Waals surface area contributed by atoms with Crippen LogP contribution in [0.1, 0.15) is 38.2 Å². The van der Waals surface area contributed by atoms with Gasteiger partial charge in [-0.1, -0.05) is 23.9 Å². The summed E-state index contributed by atoms with van der Waals surface area (Å²) >= 11 is 1.73. The van der Waals surface area contributed by atoms with E-state index in [2.05, 4.69) is 36.4 Å². The number of benzene rings is 2. The number of rotatable bonds is 6. The van der Waals surface area contributed by atoms with Gasteiger partial charge >= 0.3 is 0 Å². The van der Waals surface area contributed by atoms with Crippen molar-refractivity contribution in [3.05, 3.63) is 54.1 Å². The van der Waals surface area contributed by atoms with Gasteiger partial charge in [0.25, 0.3) is 0 Å². The Balaban J connectivity index is 1.75. The van der Waals surface area contributed by atoms with Crippen LogP contribution in [0.3, 0.4) is 0 Å². The molecule has 150 valence electrons. The topological polar surface area (TPSA) is 38.8 Å². The Hall–Kier alpha value is -1.82. The van der Waals surface area contributed by atoms with Gasteiger partial charge in [0.15, 0.2) is 0 Å². The largest absolute Gasteiger partial charge is 0.381 e. The molecule has 1 amide bonds. The molecule has 2 aromatic rings. The highest BCUT2D eigenvalue weighted by Gasteiger charge is 2.37. The fraction of sp³-hybridized carbons (Fsp3) is 0.435. The summed E-state index contributed by atoms with van der Waals surface area (Å²) < 4.78 is 11.5. The van der Waals surface area contributed by atoms with E-state index < -0.39 is 0 Å². The fourth-order valence-electron chi connectivity index (χ4n) is 3.80. The first-order chi connectivity index (χ1) is 13.5. The van der Waals surface area contributed by atoms with Crippen molar-refractivity contribution in [3.8, 4) is 0 Å². The average Bonchev–Trinajstić information content (AvgIpc) is 2.74. The van der Waals surface area contributed by atoms with Crippen LogP contribution >= 0.6 is 11.8 Å². The molecule has 28 heavy (non-hydrogen) atoms. The molecule has 1 aliphatic carbocycles. The molecule has 1 saturated carbocycles. The Morgan fingerprint density at radius 3 is 2.32 bits per heavy atom. The average molecular weight is 400 g/mol. The molecule has 1 aliphatic rings. The minimum absolute atomic E-state index is 0.0289. The number of anilines is 1. The number of methoxy groups -OCH3 is 2. The predicted octanol–water partition coefficient (Wildman–Crippen LogP) is 5.25. The summed E-state index contributed by atoms with van der Waals surface area (Å²) in [6.45, 7) is 1.57. The Morgan fingerprint density at radius 2 is 1.75 bits per heavy atom. The number of amides is 1. The van der Waals surface area contributed by atoms with Crippen molar-refractivity contribution in [2.24, 2.45) is 0 Å². The summed E-state index contributed by atoms with van der Waals surface area (Å²) in [5.74, 6) is 0.0289. The summed E-state index contributed by atoms with van der Waals surface area (Å²) in [6, 6.07) is 16.7. The van der Waals surface area contributed by atoms with E-state index in [9.17, 15) is 4.79 Å². The van der Waals surface area contributed by atoms with Gasteiger partial charge in [0.05, 0.1) is 11.7 Å². The number of carbonyl (C=O) groups is 1. The maximum Gasteiger partial charge on any atom is 0.223 e. The van der Waals surface area contributed by atoms with Crippen LogP contribution in [0.25, 0.3) is 0 Å². The van der Waals surface area contributed by atoms with E-state index in [1.165, 1.54) is 10.5 Å². The molecular formula is C23H29NO3S. The summed E-state index contributed by atoms with van der Waals surface area (Å²) in [7, 11) is 5.40. The summed E-state index contributed by atoms with van der Waals surface area (Å²) in [6.07, 6.45) is 4.33. The van der Waals surface area contributed by atoms with Gasteiger partial charge in [-0.3, -0.25) is 4.79 Å². The highest BCUT2D eigenvalue weighted by molar-refractivity contribution is 7.99. The van der Waals surface area contributed by atoms with Crippen molar-refractivity contribution in [1.82, 2.24) is 0 Å². The van der Waals surface area contributed by atoms with Gasteiger partial charge in [-0.15, -0.1) is 0 Å². The van der Waals surface area contributed by atoms with Crippen LogP contribution < -0.4 is 4.90 Å². The first kappa shape index (κ1) is 20.9. The molecule has 5 heteroatoms. The minimum Gasteiger partial charge on any atom is -0.381 e. The van der Waals surface area contributed by atoms with Crippen molar-refractivity contribution in [1.29, 1.82) is 0 Å². The minimum atomic E-state index is -0.223. The van der Waals surface area contributed by atoms with Crippen LogP contribution in [-0.4, -0.2) is 33.3 Å². The summed E-state index contributed by atoms with van der Waals surface area (Å²) in [4.78, 5) is 15.5. The third-order valence-electron chi connectivity index (χ3n) is 5.76. The highest BCUT2D eigenvalue weighted by Crippen LogP contribution is 2.42. The van der Waals surface area contributed by atoms with Crippen molar-refractivity contribution in [2.45, 2.75) is 54.1 Å². The van der Waals surface area contributed by atoms with E-state index in [-0.39, 0.29) is 11.5 Å². The lowest BCUT2D eigenvalue weighted by atomic mass is 9.78. The smallest absolute Gasteiger partial charge is 0.223 e. The third kappa shape index (κ3) is 4.59. The Labute approximate surface area is 172 Å². The lowest BCUT2D eigenvalue weighted by molar-refractivity contribution is -0.116. The van der Waals surface area contributed by atoms with Gasteiger partial charge in [0.1, 0.15) is 0 Å². The molecule has 0 heterocycles. The summed E-state index contributed by atoms with van der Waals surface area (Å²) in [5, 5.41) is 0. The third-order valence-corrected chi connectivity index (χ3v) is 6.75. The molecule has 0 atom stereocenters. The SMILES string of the molecule is CO[C@H]1CC[C@@](OC)(c2cccc(Sc3ccc(N(C)C(C)=O)cc3)c2)CC1. The second kappa shape index (κ2) is 9.12. The molecule has 4 nitrogen and oxygen atoms in total. The molecule has 3 rings (SSSR count). The van der Waals surface area contributed by atoms with E-state index in [1.807, 2.05) is 19.2 Å². The van der Waals surface area contributed by atoms with Gasteiger partial charge in [0, 0.05) is 43.7 Å². The number of carbonyl (C=O) groups excluding carboxylic acids is 1. The fourth-order valence-corrected chi connectivity index (χ4v) is 4.68. The van der Waals surface area contributed by atoms with Crippen LogP contribution in [0, 0.1) is 0 Å². The molecule has 0 unspecified atom stereocenters. The van der Waals surface area contributed by atoms with Gasteiger partial charge in [-0.05, 0) is 67.6 Å². The molecule has 2 aromatic carbocycles. The molecule has 0 radical (unpaired) electrons. The van der Waals surface area contributed by atoms with Crippen LogP contribution in [0.4, 0.5) is 5.69 Å². The molecule has 0 aromatic heterocycles. The first-order valence-electron chi connectivity index (χ1n) is 9.68. The zero-order valence-corrected chi connectivity index (χ0v) is 17.9. The Morgan fingerprint density at radius 1 is 1.07 bits per heavy atom. The van der Waals surface area contributed by atoms with Crippen LogP contribution in [-0.2, 0) is 19.9 Å². The zero-order valence-electron chi connectivity index (χ0n) is 17.1. The lowest BCUT2D eigenvalue weighted by Crippen LogP contribution is -2.35. The Kier molecular flexibility index (Phi) is 6.81. The van der Waals surface area contributed by atoms with E-state index in [1.54, 1.807) is 37.7 Å². The summed E-state index contributed by atoms with van der Waals surface area (Å²) in [5.41, 5.74) is 1.92. The first-order valence-corrected chi connectivity index (χ1v) is 10.5. The molecule has 0 saturated heterocycles. The van der Waals surface area contributed by atoms with Crippen LogP contribution in [0.2, 0.25) is 0 Å². The lowest BCUT2D eigenvalue weighted by Gasteiger charge is -2.39. The maximum atomic E-state index is 11.5. The quantitative estimate of drug-likeness (QED) is 0.665. The number of hydrogen-bond donors (Lipinski definition) is 0. The Bertz CT molecular complexity index is 798. The maximum absolute atomic E-state index is 11.5. The standard InChI is InChI=1S/C23H29NO3S/c1-17(25)24(2)19-8-10-21(11-9-19)28-22-7-5-6-18(16-22)23(27-4)14-12-20(26-3)13-15-23/h5-11,16,20H,12-15H2,1-4H3/t20-,23-. The van der Waals surface area contributed by atoms with E-state index in [4.69, 9.17) is 9.47 Å². The molecule has 0 N–H and O–H groups in total. The normalized spacial score (nSPS) is 22.1. The molecular weight excluding hydrogens is 370 g/mol. The monoisotopic (exact) mass is 399 g/mol. The molecule has 0 bridgehead atoms. The van der Waals surface area contributed by atoms with Crippen LogP contribution in [0.5, 0.6) is 0 Å². The predicted molar refractivity (Wildman–Crippen MR) is 114 cm³/mol. The highest BCUT2D eigenvalue weighted by atomic mass is 32.2. The second-order valence-corrected chi connectivity index (χ2v) is 8.48. The molecule has 0 spiro atoms. The van der Waals surface area contributed by atoms with Crippen molar-refractivity contribution in [2.75, 3.05) is 26.2 Å². The molecule has 0 aliphatic heterocycles. The zero-order chi connectivity index (χ0) is 20.1. The number of nitrogens with zero attached hydrogens (tertiary/aromatic N) is 1. The second-order valence-electron chi connectivity index (χ2n) is 7.34. The van der Waals surface area contributed by atoms with Crippen molar-refractivity contribution >= 4 is 23.4 Å². The van der Waals surface area contributed by atoms with Crippen LogP contribution in [0.15, 0.2) is 58.3 Å². The van der Waals surface area contributed by atoms with Gasteiger partial charge in [-0.2, -0.15) is 0 Å².